The zero-order chi connectivity index (χ0) is 19.0. The highest BCUT2D eigenvalue weighted by atomic mass is 16.2. The number of hydrazone groups is 1. The van der Waals surface area contributed by atoms with E-state index in [2.05, 4.69) is 11.2 Å². The molecule has 0 saturated carbocycles. The van der Waals surface area contributed by atoms with E-state index in [1.807, 2.05) is 49.4 Å². The zero-order valence-electron chi connectivity index (χ0n) is 15.3. The molecule has 2 aromatic rings. The Hall–Kier alpha value is -3.15. The van der Waals surface area contributed by atoms with Gasteiger partial charge < -0.3 is 10.6 Å². The normalized spacial score (nSPS) is 18.9. The summed E-state index contributed by atoms with van der Waals surface area (Å²) in [6.07, 6.45) is 2.10. The van der Waals surface area contributed by atoms with Gasteiger partial charge in [0.05, 0.1) is 11.4 Å². The van der Waals surface area contributed by atoms with Crippen molar-refractivity contribution < 1.29 is 9.59 Å². The maximum Gasteiger partial charge on any atom is 0.274 e. The zero-order valence-corrected chi connectivity index (χ0v) is 15.3. The predicted molar refractivity (Wildman–Crippen MR) is 106 cm³/mol. The minimum absolute atomic E-state index is 0.144. The third-order valence-electron chi connectivity index (χ3n) is 5.17. The average molecular weight is 362 g/mol. The van der Waals surface area contributed by atoms with Crippen molar-refractivity contribution in [3.8, 4) is 0 Å². The van der Waals surface area contributed by atoms with Crippen LogP contribution in [0.4, 0.5) is 11.4 Å². The van der Waals surface area contributed by atoms with Gasteiger partial charge in [-0.15, -0.1) is 0 Å². The predicted octanol–water partition coefficient (Wildman–Crippen LogP) is 2.39. The third-order valence-corrected chi connectivity index (χ3v) is 5.17. The molecular formula is C21H22N4O2. The topological polar surface area (TPSA) is 79.0 Å². The highest BCUT2D eigenvalue weighted by molar-refractivity contribution is 6.45. The van der Waals surface area contributed by atoms with E-state index in [1.165, 1.54) is 5.56 Å². The first-order valence-corrected chi connectivity index (χ1v) is 9.17. The van der Waals surface area contributed by atoms with Crippen molar-refractivity contribution in [2.75, 3.05) is 16.5 Å². The molecule has 0 bridgehead atoms. The second kappa shape index (κ2) is 6.87. The quantitative estimate of drug-likeness (QED) is 0.910. The van der Waals surface area contributed by atoms with Gasteiger partial charge in [0, 0.05) is 13.0 Å². The van der Waals surface area contributed by atoms with Crippen LogP contribution in [-0.4, -0.2) is 30.1 Å². The summed E-state index contributed by atoms with van der Waals surface area (Å²) in [4.78, 5) is 27.0. The smallest absolute Gasteiger partial charge is 0.274 e. The van der Waals surface area contributed by atoms with Gasteiger partial charge in [0.1, 0.15) is 11.8 Å². The molecule has 6 nitrogen and oxygen atoms in total. The van der Waals surface area contributed by atoms with E-state index >= 15 is 0 Å². The SMILES string of the molecule is Cc1cccc2c1N(C(=O)C1=NN(c3ccccc3)C(C(N)=O)C1)CCC2. The molecule has 2 N–H and O–H groups in total. The Labute approximate surface area is 158 Å². The van der Waals surface area contributed by atoms with Crippen molar-refractivity contribution in [1.29, 1.82) is 0 Å². The summed E-state index contributed by atoms with van der Waals surface area (Å²) >= 11 is 0. The minimum atomic E-state index is -0.646. The van der Waals surface area contributed by atoms with Crippen LogP contribution < -0.4 is 15.6 Å². The number of primary amides is 1. The Morgan fingerprint density at radius 3 is 2.63 bits per heavy atom. The molecular weight excluding hydrogens is 340 g/mol. The number of fused-ring (bicyclic) bond motifs is 1. The van der Waals surface area contributed by atoms with Gasteiger partial charge in [-0.25, -0.2) is 0 Å². The number of nitrogens with two attached hydrogens (primary N) is 1. The van der Waals surface area contributed by atoms with Crippen LogP contribution in [0.5, 0.6) is 0 Å². The van der Waals surface area contributed by atoms with E-state index in [-0.39, 0.29) is 12.3 Å². The molecule has 27 heavy (non-hydrogen) atoms. The Morgan fingerprint density at radius 1 is 1.11 bits per heavy atom. The number of rotatable bonds is 3. The fraction of sp³-hybridized carbons (Fsp3) is 0.286. The van der Waals surface area contributed by atoms with Crippen LogP contribution in [0.3, 0.4) is 0 Å². The first-order chi connectivity index (χ1) is 13.1. The summed E-state index contributed by atoms with van der Waals surface area (Å²) in [5.74, 6) is -0.629. The van der Waals surface area contributed by atoms with E-state index < -0.39 is 11.9 Å². The lowest BCUT2D eigenvalue weighted by Crippen LogP contribution is -2.42. The number of carbonyl (C=O) groups is 2. The van der Waals surface area contributed by atoms with Crippen LogP contribution in [0.25, 0.3) is 0 Å². The number of benzene rings is 2. The van der Waals surface area contributed by atoms with Gasteiger partial charge in [-0.05, 0) is 43.0 Å². The van der Waals surface area contributed by atoms with Crippen molar-refractivity contribution in [2.45, 2.75) is 32.2 Å². The molecule has 6 heteroatoms. The van der Waals surface area contributed by atoms with Crippen molar-refractivity contribution >= 4 is 28.9 Å². The summed E-state index contributed by atoms with van der Waals surface area (Å²) < 4.78 is 0. The summed E-state index contributed by atoms with van der Waals surface area (Å²) in [5.41, 5.74) is 9.94. The van der Waals surface area contributed by atoms with E-state index in [4.69, 9.17) is 5.73 Å². The monoisotopic (exact) mass is 362 g/mol. The molecule has 0 fully saturated rings. The molecule has 4 rings (SSSR count). The fourth-order valence-electron chi connectivity index (χ4n) is 3.89. The number of nitrogens with zero attached hydrogens (tertiary/aromatic N) is 3. The Balaban J connectivity index is 1.68. The summed E-state index contributed by atoms with van der Waals surface area (Å²) in [5, 5.41) is 6.06. The first kappa shape index (κ1) is 17.3. The first-order valence-electron chi connectivity index (χ1n) is 9.17. The highest BCUT2D eigenvalue weighted by Gasteiger charge is 2.37. The maximum absolute atomic E-state index is 13.3. The molecule has 2 amide bonds. The van der Waals surface area contributed by atoms with Gasteiger partial charge >= 0.3 is 0 Å². The number of carbonyl (C=O) groups excluding carboxylic acids is 2. The standard InChI is InChI=1S/C21H22N4O2/c1-14-7-5-8-15-9-6-12-24(19(14)15)21(27)17-13-18(20(22)26)25(23-17)16-10-3-2-4-11-16/h2-5,7-8,10-11,18H,6,9,12-13H2,1H3,(H2,22,26). The Morgan fingerprint density at radius 2 is 1.89 bits per heavy atom. The summed E-state index contributed by atoms with van der Waals surface area (Å²) in [6, 6.07) is 14.8. The number of para-hydroxylation sites is 2. The molecule has 138 valence electrons. The van der Waals surface area contributed by atoms with Gasteiger partial charge in [-0.2, -0.15) is 5.10 Å². The van der Waals surface area contributed by atoms with Gasteiger partial charge in [0.2, 0.25) is 5.91 Å². The van der Waals surface area contributed by atoms with Gasteiger partial charge in [0.15, 0.2) is 0 Å². The number of anilines is 2. The van der Waals surface area contributed by atoms with E-state index in [0.717, 1.165) is 29.8 Å². The summed E-state index contributed by atoms with van der Waals surface area (Å²) in [6.45, 7) is 2.67. The van der Waals surface area contributed by atoms with Crippen molar-refractivity contribution in [3.63, 3.8) is 0 Å². The number of hydrogen-bond acceptors (Lipinski definition) is 4. The van der Waals surface area contributed by atoms with Crippen molar-refractivity contribution in [1.82, 2.24) is 0 Å². The van der Waals surface area contributed by atoms with Gasteiger partial charge in [-0.1, -0.05) is 36.4 Å². The molecule has 0 aromatic heterocycles. The number of amides is 2. The summed E-state index contributed by atoms with van der Waals surface area (Å²) in [7, 11) is 0. The van der Waals surface area contributed by atoms with Crippen LogP contribution in [0, 0.1) is 6.92 Å². The lowest BCUT2D eigenvalue weighted by atomic mass is 9.97. The molecule has 1 atom stereocenters. The van der Waals surface area contributed by atoms with Crippen molar-refractivity contribution in [3.05, 3.63) is 59.7 Å². The number of hydrogen-bond donors (Lipinski definition) is 1. The van der Waals surface area contributed by atoms with Crippen LogP contribution >= 0.6 is 0 Å². The van der Waals surface area contributed by atoms with Gasteiger partial charge in [0.25, 0.3) is 5.91 Å². The lowest BCUT2D eigenvalue weighted by molar-refractivity contribution is -0.119. The molecule has 0 aliphatic carbocycles. The average Bonchev–Trinajstić information content (AvgIpc) is 3.14. The lowest BCUT2D eigenvalue weighted by Gasteiger charge is -2.31. The molecule has 2 aliphatic rings. The van der Waals surface area contributed by atoms with Crippen LogP contribution in [0.15, 0.2) is 53.6 Å². The Kier molecular flexibility index (Phi) is 4.39. The molecule has 1 unspecified atom stereocenters. The van der Waals surface area contributed by atoms with Crippen LogP contribution in [0.2, 0.25) is 0 Å². The van der Waals surface area contributed by atoms with E-state index in [1.54, 1.807) is 9.91 Å². The van der Waals surface area contributed by atoms with E-state index in [9.17, 15) is 9.59 Å². The van der Waals surface area contributed by atoms with E-state index in [0.29, 0.717) is 12.3 Å². The third kappa shape index (κ3) is 3.07. The van der Waals surface area contributed by atoms with Crippen LogP contribution in [0.1, 0.15) is 24.0 Å². The highest BCUT2D eigenvalue weighted by Crippen LogP contribution is 2.32. The molecule has 0 radical (unpaired) electrons. The largest absolute Gasteiger partial charge is 0.368 e. The van der Waals surface area contributed by atoms with Gasteiger partial charge in [-0.3, -0.25) is 14.6 Å². The minimum Gasteiger partial charge on any atom is -0.368 e. The second-order valence-electron chi connectivity index (χ2n) is 6.99. The fourth-order valence-corrected chi connectivity index (χ4v) is 3.89. The molecule has 2 aromatic carbocycles. The second-order valence-corrected chi connectivity index (χ2v) is 6.99. The molecule has 2 aliphatic heterocycles. The van der Waals surface area contributed by atoms with Crippen LogP contribution in [-0.2, 0) is 16.0 Å². The van der Waals surface area contributed by atoms with Crippen molar-refractivity contribution in [2.24, 2.45) is 10.8 Å². The molecule has 0 spiro atoms. The number of aryl methyl sites for hydroxylation is 2. The Bertz CT molecular complexity index is 923. The molecule has 0 saturated heterocycles. The maximum atomic E-state index is 13.3. The molecule has 2 heterocycles.